The van der Waals surface area contributed by atoms with Crippen LogP contribution in [0.5, 0.6) is 0 Å². The van der Waals surface area contributed by atoms with Crippen molar-refractivity contribution in [1.82, 2.24) is 15.2 Å². The van der Waals surface area contributed by atoms with Crippen LogP contribution in [0, 0.1) is 0 Å². The first-order valence-electron chi connectivity index (χ1n) is 8.28. The summed E-state index contributed by atoms with van der Waals surface area (Å²) in [7, 11) is 0. The molecule has 3 rings (SSSR count). The molecule has 126 valence electrons. The summed E-state index contributed by atoms with van der Waals surface area (Å²) in [6.45, 7) is 3.74. The van der Waals surface area contributed by atoms with Gasteiger partial charge in [-0.2, -0.15) is 0 Å². The van der Waals surface area contributed by atoms with Crippen molar-refractivity contribution in [2.24, 2.45) is 0 Å². The molecule has 2 aromatic rings. The molecule has 0 atom stereocenters. The summed E-state index contributed by atoms with van der Waals surface area (Å²) in [5.74, 6) is -0.318. The summed E-state index contributed by atoms with van der Waals surface area (Å²) in [5.41, 5.74) is 2.64. The number of thiazole rings is 1. The first-order valence-corrected chi connectivity index (χ1v) is 9.16. The van der Waals surface area contributed by atoms with Gasteiger partial charge in [0, 0.05) is 24.0 Å². The lowest BCUT2D eigenvalue weighted by Gasteiger charge is -2.15. The van der Waals surface area contributed by atoms with Crippen LogP contribution < -0.4 is 5.32 Å². The molecule has 2 heterocycles. The van der Waals surface area contributed by atoms with E-state index in [0.717, 1.165) is 42.9 Å². The van der Waals surface area contributed by atoms with Crippen molar-refractivity contribution in [2.75, 3.05) is 19.6 Å². The fraction of sp³-hybridized carbons (Fsp3) is 0.389. The normalized spacial score (nSPS) is 14.0. The third kappa shape index (κ3) is 3.82. The Labute approximate surface area is 145 Å². The number of benzene rings is 1. The molecule has 24 heavy (non-hydrogen) atoms. The molecular formula is C18H21N3O2S. The predicted molar refractivity (Wildman–Crippen MR) is 95.1 cm³/mol. The second-order valence-electron chi connectivity index (χ2n) is 5.86. The average molecular weight is 343 g/mol. The van der Waals surface area contributed by atoms with Gasteiger partial charge in [-0.05, 0) is 24.8 Å². The number of hydrogen-bond donors (Lipinski definition) is 1. The van der Waals surface area contributed by atoms with Crippen LogP contribution in [0.1, 0.15) is 35.8 Å². The van der Waals surface area contributed by atoms with Crippen molar-refractivity contribution in [3.63, 3.8) is 0 Å². The zero-order valence-electron chi connectivity index (χ0n) is 13.7. The van der Waals surface area contributed by atoms with E-state index >= 15 is 0 Å². The fourth-order valence-corrected chi connectivity index (χ4v) is 3.52. The molecule has 1 aromatic carbocycles. The van der Waals surface area contributed by atoms with Crippen LogP contribution in [0.15, 0.2) is 29.6 Å². The van der Waals surface area contributed by atoms with E-state index in [1.807, 2.05) is 12.1 Å². The summed E-state index contributed by atoms with van der Waals surface area (Å²) in [5, 5.41) is 5.22. The largest absolute Gasteiger partial charge is 0.342 e. The molecule has 0 bridgehead atoms. The van der Waals surface area contributed by atoms with Crippen LogP contribution in [-0.2, 0) is 11.2 Å². The highest BCUT2D eigenvalue weighted by Crippen LogP contribution is 2.24. The summed E-state index contributed by atoms with van der Waals surface area (Å²) in [4.78, 5) is 30.3. The van der Waals surface area contributed by atoms with Gasteiger partial charge in [0.15, 0.2) is 0 Å². The first kappa shape index (κ1) is 16.6. The van der Waals surface area contributed by atoms with Crippen LogP contribution in [-0.4, -0.2) is 41.3 Å². The van der Waals surface area contributed by atoms with Crippen molar-refractivity contribution in [2.45, 2.75) is 26.2 Å². The maximum Gasteiger partial charge on any atom is 0.271 e. The molecule has 1 saturated heterocycles. The zero-order valence-corrected chi connectivity index (χ0v) is 14.6. The molecule has 0 saturated carbocycles. The van der Waals surface area contributed by atoms with E-state index in [2.05, 4.69) is 29.4 Å². The van der Waals surface area contributed by atoms with Crippen molar-refractivity contribution >= 4 is 23.2 Å². The minimum Gasteiger partial charge on any atom is -0.342 e. The number of hydrogen-bond acceptors (Lipinski definition) is 4. The Kier molecular flexibility index (Phi) is 5.25. The van der Waals surface area contributed by atoms with E-state index in [9.17, 15) is 9.59 Å². The second-order valence-corrected chi connectivity index (χ2v) is 6.72. The molecule has 1 aliphatic rings. The molecular weight excluding hydrogens is 322 g/mol. The van der Waals surface area contributed by atoms with E-state index in [-0.39, 0.29) is 18.4 Å². The first-order chi connectivity index (χ1) is 11.7. The third-order valence-corrected chi connectivity index (χ3v) is 5.10. The Morgan fingerprint density at radius 2 is 1.92 bits per heavy atom. The number of carbonyl (C=O) groups excluding carboxylic acids is 2. The second kappa shape index (κ2) is 7.57. The molecule has 0 radical (unpaired) electrons. The van der Waals surface area contributed by atoms with Gasteiger partial charge in [-0.25, -0.2) is 4.98 Å². The smallest absolute Gasteiger partial charge is 0.271 e. The maximum absolute atomic E-state index is 12.2. The van der Waals surface area contributed by atoms with Crippen LogP contribution in [0.3, 0.4) is 0 Å². The van der Waals surface area contributed by atoms with Gasteiger partial charge in [0.2, 0.25) is 5.91 Å². The summed E-state index contributed by atoms with van der Waals surface area (Å²) < 4.78 is 0. The summed E-state index contributed by atoms with van der Waals surface area (Å²) >= 11 is 1.44. The van der Waals surface area contributed by atoms with Gasteiger partial charge < -0.3 is 10.2 Å². The molecule has 0 unspecified atom stereocenters. The minimum atomic E-state index is -0.296. The quantitative estimate of drug-likeness (QED) is 0.908. The van der Waals surface area contributed by atoms with Crippen molar-refractivity contribution < 1.29 is 9.59 Å². The number of likely N-dealkylation sites (tertiary alicyclic amines) is 1. The van der Waals surface area contributed by atoms with E-state index in [0.29, 0.717) is 5.69 Å². The Morgan fingerprint density at radius 1 is 1.21 bits per heavy atom. The lowest BCUT2D eigenvalue weighted by Crippen LogP contribution is -2.38. The topological polar surface area (TPSA) is 62.3 Å². The molecule has 1 aliphatic heterocycles. The molecule has 0 spiro atoms. The number of carbonyl (C=O) groups is 2. The number of nitrogens with zero attached hydrogens (tertiary/aromatic N) is 2. The minimum absolute atomic E-state index is 0.0218. The molecule has 1 aromatic heterocycles. The number of nitrogens with one attached hydrogen (secondary N) is 1. The lowest BCUT2D eigenvalue weighted by atomic mass is 10.1. The Bertz CT molecular complexity index is 718. The SMILES string of the molecule is CCc1ccc(-c2nc(C(=O)NCC(=O)N3CCCC3)cs2)cc1. The van der Waals surface area contributed by atoms with Gasteiger partial charge in [-0.15, -0.1) is 11.3 Å². The standard InChI is InChI=1S/C18H21N3O2S/c1-2-13-5-7-14(8-6-13)18-20-15(12-24-18)17(23)19-11-16(22)21-9-3-4-10-21/h5-8,12H,2-4,9-11H2,1H3,(H,19,23). The van der Waals surface area contributed by atoms with Crippen LogP contribution in [0.4, 0.5) is 0 Å². The molecule has 1 fully saturated rings. The number of rotatable bonds is 5. The van der Waals surface area contributed by atoms with Crippen LogP contribution in [0.25, 0.3) is 10.6 Å². The van der Waals surface area contributed by atoms with Gasteiger partial charge in [0.05, 0.1) is 6.54 Å². The molecule has 0 aliphatic carbocycles. The number of aryl methyl sites for hydroxylation is 1. The van der Waals surface area contributed by atoms with Crippen LogP contribution in [0.2, 0.25) is 0 Å². The van der Waals surface area contributed by atoms with Gasteiger partial charge in [-0.1, -0.05) is 31.2 Å². The lowest BCUT2D eigenvalue weighted by molar-refractivity contribution is -0.129. The molecule has 1 N–H and O–H groups in total. The molecule has 5 nitrogen and oxygen atoms in total. The molecule has 2 amide bonds. The van der Waals surface area contributed by atoms with E-state index in [1.54, 1.807) is 10.3 Å². The fourth-order valence-electron chi connectivity index (χ4n) is 2.72. The Morgan fingerprint density at radius 3 is 2.58 bits per heavy atom. The summed E-state index contributed by atoms with van der Waals surface area (Å²) in [6, 6.07) is 8.20. The van der Waals surface area contributed by atoms with Crippen molar-refractivity contribution in [3.05, 3.63) is 40.9 Å². The Hall–Kier alpha value is -2.21. The molecule has 6 heteroatoms. The van der Waals surface area contributed by atoms with Crippen LogP contribution >= 0.6 is 11.3 Å². The highest BCUT2D eigenvalue weighted by molar-refractivity contribution is 7.13. The van der Waals surface area contributed by atoms with Gasteiger partial charge in [0.25, 0.3) is 5.91 Å². The van der Waals surface area contributed by atoms with Gasteiger partial charge >= 0.3 is 0 Å². The van der Waals surface area contributed by atoms with E-state index in [4.69, 9.17) is 0 Å². The highest BCUT2D eigenvalue weighted by Gasteiger charge is 2.19. The van der Waals surface area contributed by atoms with Crippen molar-refractivity contribution in [1.29, 1.82) is 0 Å². The predicted octanol–water partition coefficient (Wildman–Crippen LogP) is 2.72. The summed E-state index contributed by atoms with van der Waals surface area (Å²) in [6.07, 6.45) is 3.09. The monoisotopic (exact) mass is 343 g/mol. The van der Waals surface area contributed by atoms with Gasteiger partial charge in [0.1, 0.15) is 10.7 Å². The van der Waals surface area contributed by atoms with Crippen molar-refractivity contribution in [3.8, 4) is 10.6 Å². The van der Waals surface area contributed by atoms with E-state index in [1.165, 1.54) is 16.9 Å². The van der Waals surface area contributed by atoms with Gasteiger partial charge in [-0.3, -0.25) is 9.59 Å². The van der Waals surface area contributed by atoms with E-state index < -0.39 is 0 Å². The maximum atomic E-state index is 12.2. The number of amides is 2. The zero-order chi connectivity index (χ0) is 16.9. The average Bonchev–Trinajstić information content (AvgIpc) is 3.31. The third-order valence-electron chi connectivity index (χ3n) is 4.20. The number of aromatic nitrogens is 1. The Balaban J connectivity index is 1.59. The highest BCUT2D eigenvalue weighted by atomic mass is 32.1.